The van der Waals surface area contributed by atoms with Crippen molar-refractivity contribution in [2.24, 2.45) is 0 Å². The molecule has 0 spiro atoms. The minimum atomic E-state index is -3.84. The summed E-state index contributed by atoms with van der Waals surface area (Å²) in [7, 11) is -3.84. The molecule has 0 unspecified atom stereocenters. The molecule has 0 saturated carbocycles. The summed E-state index contributed by atoms with van der Waals surface area (Å²) in [6.45, 7) is 8.04. The summed E-state index contributed by atoms with van der Waals surface area (Å²) in [6.07, 6.45) is 0.645. The van der Waals surface area contributed by atoms with Crippen LogP contribution in [0.5, 0.6) is 0 Å². The highest BCUT2D eigenvalue weighted by Crippen LogP contribution is 2.39. The first kappa shape index (κ1) is 19.9. The van der Waals surface area contributed by atoms with Crippen molar-refractivity contribution in [2.45, 2.75) is 39.0 Å². The Balaban J connectivity index is 2.19. The molecule has 0 atom stereocenters. The number of amides is 1. The van der Waals surface area contributed by atoms with Crippen molar-refractivity contribution < 1.29 is 13.2 Å². The second-order valence-electron chi connectivity index (χ2n) is 6.77. The Morgan fingerprint density at radius 1 is 1.19 bits per heavy atom. The lowest BCUT2D eigenvalue weighted by atomic mass is 10.1. The third-order valence-electron chi connectivity index (χ3n) is 5.01. The molecule has 3 rings (SSSR count). The van der Waals surface area contributed by atoms with Gasteiger partial charge in [-0.3, -0.25) is 9.10 Å². The number of anilines is 2. The molecule has 144 valence electrons. The van der Waals surface area contributed by atoms with Crippen LogP contribution in [-0.2, 0) is 21.2 Å². The van der Waals surface area contributed by atoms with Gasteiger partial charge in [0.25, 0.3) is 10.0 Å². The van der Waals surface area contributed by atoms with E-state index in [-0.39, 0.29) is 10.8 Å². The molecule has 0 aliphatic carbocycles. The maximum atomic E-state index is 13.6. The zero-order chi connectivity index (χ0) is 19.9. The molecule has 0 aromatic heterocycles. The van der Waals surface area contributed by atoms with Crippen molar-refractivity contribution >= 4 is 43.2 Å². The van der Waals surface area contributed by atoms with E-state index in [0.29, 0.717) is 35.4 Å². The van der Waals surface area contributed by atoms with Gasteiger partial charge >= 0.3 is 0 Å². The van der Waals surface area contributed by atoms with Crippen molar-refractivity contribution in [2.75, 3.05) is 22.3 Å². The Bertz CT molecular complexity index is 1020. The molecule has 1 amide bonds. The zero-order valence-electron chi connectivity index (χ0n) is 15.9. The monoisotopic (exact) mass is 450 g/mol. The number of benzene rings is 2. The summed E-state index contributed by atoms with van der Waals surface area (Å²) >= 11 is 3.43. The lowest BCUT2D eigenvalue weighted by Crippen LogP contribution is -2.33. The highest BCUT2D eigenvalue weighted by atomic mass is 79.9. The van der Waals surface area contributed by atoms with Crippen LogP contribution < -0.4 is 9.21 Å². The standard InChI is InChI=1S/C20H23BrN2O3S/c1-5-23(18-7-6-13(2)14(3)10-18)27(25,26)19-12-17(21)11-16-8-9-22(15(4)24)20(16)19/h6-7,10-12H,5,8-9H2,1-4H3. The van der Waals surface area contributed by atoms with Gasteiger partial charge in [-0.15, -0.1) is 0 Å². The topological polar surface area (TPSA) is 57.7 Å². The number of sulfonamides is 1. The summed E-state index contributed by atoms with van der Waals surface area (Å²) in [5, 5.41) is 0. The lowest BCUT2D eigenvalue weighted by molar-refractivity contribution is -0.116. The van der Waals surface area contributed by atoms with Crippen molar-refractivity contribution in [1.82, 2.24) is 0 Å². The molecule has 0 radical (unpaired) electrons. The molecule has 0 N–H and O–H groups in total. The predicted octanol–water partition coefficient (Wildman–Crippen LogP) is 4.19. The molecule has 2 aromatic carbocycles. The van der Waals surface area contributed by atoms with Crippen LogP contribution in [0.15, 0.2) is 39.7 Å². The fourth-order valence-corrected chi connectivity index (χ4v) is 5.86. The van der Waals surface area contributed by atoms with Gasteiger partial charge < -0.3 is 4.90 Å². The third-order valence-corrected chi connectivity index (χ3v) is 7.38. The van der Waals surface area contributed by atoms with Crippen LogP contribution in [0, 0.1) is 13.8 Å². The van der Waals surface area contributed by atoms with E-state index in [1.807, 2.05) is 45.0 Å². The van der Waals surface area contributed by atoms with Crippen molar-refractivity contribution in [3.05, 3.63) is 51.5 Å². The summed E-state index contributed by atoms with van der Waals surface area (Å²) in [5.41, 5.74) is 4.15. The third kappa shape index (κ3) is 3.50. The molecule has 5 nitrogen and oxygen atoms in total. The maximum Gasteiger partial charge on any atom is 0.266 e. The SMILES string of the molecule is CCN(c1ccc(C)c(C)c1)S(=O)(=O)c1cc(Br)cc2c1N(C(C)=O)CC2. The van der Waals surface area contributed by atoms with Crippen molar-refractivity contribution in [3.63, 3.8) is 0 Å². The van der Waals surface area contributed by atoms with E-state index in [0.717, 1.165) is 16.7 Å². The molecule has 27 heavy (non-hydrogen) atoms. The highest BCUT2D eigenvalue weighted by Gasteiger charge is 2.34. The van der Waals surface area contributed by atoms with E-state index < -0.39 is 10.0 Å². The van der Waals surface area contributed by atoms with E-state index in [1.165, 1.54) is 11.2 Å². The molecule has 0 saturated heterocycles. The summed E-state index contributed by atoms with van der Waals surface area (Å²) in [5.74, 6) is -0.151. The second-order valence-corrected chi connectivity index (χ2v) is 9.52. The summed E-state index contributed by atoms with van der Waals surface area (Å²) in [6, 6.07) is 9.13. The molecular weight excluding hydrogens is 428 g/mol. The largest absolute Gasteiger partial charge is 0.311 e. The molecule has 0 fully saturated rings. The number of fused-ring (bicyclic) bond motifs is 1. The zero-order valence-corrected chi connectivity index (χ0v) is 18.3. The maximum absolute atomic E-state index is 13.6. The number of halogens is 1. The molecule has 1 heterocycles. The van der Waals surface area contributed by atoms with Crippen LogP contribution in [0.4, 0.5) is 11.4 Å². The van der Waals surface area contributed by atoms with Crippen LogP contribution in [0.1, 0.15) is 30.5 Å². The van der Waals surface area contributed by atoms with Gasteiger partial charge in [-0.1, -0.05) is 22.0 Å². The minimum Gasteiger partial charge on any atom is -0.311 e. The van der Waals surface area contributed by atoms with E-state index in [9.17, 15) is 13.2 Å². The Morgan fingerprint density at radius 2 is 1.89 bits per heavy atom. The van der Waals surface area contributed by atoms with Crippen molar-refractivity contribution in [3.8, 4) is 0 Å². The van der Waals surface area contributed by atoms with Gasteiger partial charge in [0, 0.05) is 24.5 Å². The van der Waals surface area contributed by atoms with Gasteiger partial charge in [-0.25, -0.2) is 8.42 Å². The van der Waals surface area contributed by atoms with Crippen LogP contribution in [0.3, 0.4) is 0 Å². The lowest BCUT2D eigenvalue weighted by Gasteiger charge is -2.27. The molecule has 1 aliphatic rings. The molecule has 2 aromatic rings. The first-order chi connectivity index (χ1) is 12.7. The second kappa shape index (κ2) is 7.28. The number of rotatable bonds is 4. The van der Waals surface area contributed by atoms with Gasteiger partial charge in [-0.05, 0) is 68.1 Å². The quantitative estimate of drug-likeness (QED) is 0.701. The summed E-state index contributed by atoms with van der Waals surface area (Å²) in [4.78, 5) is 13.8. The first-order valence-electron chi connectivity index (χ1n) is 8.87. The predicted molar refractivity (Wildman–Crippen MR) is 112 cm³/mol. The molecule has 7 heteroatoms. The van der Waals surface area contributed by atoms with Gasteiger partial charge in [-0.2, -0.15) is 0 Å². The number of aryl methyl sites for hydroxylation is 2. The highest BCUT2D eigenvalue weighted by molar-refractivity contribution is 9.10. The Morgan fingerprint density at radius 3 is 2.48 bits per heavy atom. The van der Waals surface area contributed by atoms with Crippen LogP contribution in [0.25, 0.3) is 0 Å². The van der Waals surface area contributed by atoms with Gasteiger partial charge in [0.15, 0.2) is 0 Å². The Labute approximate surface area is 169 Å². The summed E-state index contributed by atoms with van der Waals surface area (Å²) < 4.78 is 29.3. The first-order valence-corrected chi connectivity index (χ1v) is 11.1. The fourth-order valence-electron chi connectivity index (χ4n) is 3.47. The van der Waals surface area contributed by atoms with Crippen LogP contribution >= 0.6 is 15.9 Å². The van der Waals surface area contributed by atoms with E-state index >= 15 is 0 Å². The van der Waals surface area contributed by atoms with Crippen molar-refractivity contribution in [1.29, 1.82) is 0 Å². The average Bonchev–Trinajstić information content (AvgIpc) is 3.01. The van der Waals surface area contributed by atoms with E-state index in [1.54, 1.807) is 11.0 Å². The van der Waals surface area contributed by atoms with Crippen LogP contribution in [0.2, 0.25) is 0 Å². The molecular formula is C20H23BrN2O3S. The smallest absolute Gasteiger partial charge is 0.266 e. The van der Waals surface area contributed by atoms with Gasteiger partial charge in [0.05, 0.1) is 11.4 Å². The fraction of sp³-hybridized carbons (Fsp3) is 0.350. The Hall–Kier alpha value is -1.86. The number of carbonyl (C=O) groups is 1. The van der Waals surface area contributed by atoms with Gasteiger partial charge in [0.1, 0.15) is 4.90 Å². The Kier molecular flexibility index (Phi) is 5.36. The van der Waals surface area contributed by atoms with E-state index in [2.05, 4.69) is 15.9 Å². The normalized spacial score (nSPS) is 13.6. The van der Waals surface area contributed by atoms with Gasteiger partial charge in [0.2, 0.25) is 5.91 Å². The van der Waals surface area contributed by atoms with Crippen LogP contribution in [-0.4, -0.2) is 27.4 Å². The molecule has 0 bridgehead atoms. The molecule has 1 aliphatic heterocycles. The number of hydrogen-bond donors (Lipinski definition) is 0. The average molecular weight is 451 g/mol. The number of nitrogens with zero attached hydrogens (tertiary/aromatic N) is 2. The minimum absolute atomic E-state index is 0.151. The number of carbonyl (C=O) groups excluding carboxylic acids is 1. The van der Waals surface area contributed by atoms with E-state index in [4.69, 9.17) is 0 Å². The number of hydrogen-bond acceptors (Lipinski definition) is 3.